The van der Waals surface area contributed by atoms with Crippen LogP contribution in [0.25, 0.3) is 11.1 Å². The van der Waals surface area contributed by atoms with E-state index in [1.54, 1.807) is 6.07 Å². The summed E-state index contributed by atoms with van der Waals surface area (Å²) in [5, 5.41) is 19.0. The third-order valence-corrected chi connectivity index (χ3v) is 6.69. The lowest BCUT2D eigenvalue weighted by Crippen LogP contribution is -2.39. The van der Waals surface area contributed by atoms with Crippen LogP contribution in [-0.2, 0) is 10.2 Å². The second-order valence-corrected chi connectivity index (χ2v) is 8.56. The maximum Gasteiger partial charge on any atom is 0.314 e. The van der Waals surface area contributed by atoms with Crippen molar-refractivity contribution in [2.45, 2.75) is 70.1 Å². The molecular weight excluding hydrogens is 377 g/mol. The van der Waals surface area contributed by atoms with Crippen LogP contribution in [0.1, 0.15) is 75.8 Å². The predicted molar refractivity (Wildman–Crippen MR) is 117 cm³/mol. The van der Waals surface area contributed by atoms with Crippen LogP contribution >= 0.6 is 0 Å². The maximum absolute atomic E-state index is 13.9. The highest BCUT2D eigenvalue weighted by atomic mass is 19.1. The average Bonchev–Trinajstić information content (AvgIpc) is 2.77. The highest BCUT2D eigenvalue weighted by Gasteiger charge is 2.43. The fourth-order valence-corrected chi connectivity index (χ4v) is 4.71. The van der Waals surface area contributed by atoms with Crippen molar-refractivity contribution in [2.24, 2.45) is 5.92 Å². The number of unbranched alkanes of at least 4 members (excludes halogenated alkanes) is 3. The van der Waals surface area contributed by atoms with Crippen LogP contribution in [0.4, 0.5) is 4.39 Å². The van der Waals surface area contributed by atoms with Crippen molar-refractivity contribution in [3.05, 3.63) is 59.4 Å². The summed E-state index contributed by atoms with van der Waals surface area (Å²) in [6, 6.07) is 13.8. The van der Waals surface area contributed by atoms with E-state index >= 15 is 0 Å². The zero-order chi connectivity index (χ0) is 21.6. The Kier molecular flexibility index (Phi) is 7.26. The molecule has 2 aromatic carbocycles. The second kappa shape index (κ2) is 9.89. The number of aliphatic carboxylic acids is 1. The Hall–Kier alpha value is -2.67. The van der Waals surface area contributed by atoms with Crippen LogP contribution in [0, 0.1) is 23.1 Å². The molecule has 0 radical (unpaired) electrons. The van der Waals surface area contributed by atoms with E-state index in [0.717, 1.165) is 24.0 Å². The van der Waals surface area contributed by atoms with Crippen molar-refractivity contribution in [3.8, 4) is 17.2 Å². The van der Waals surface area contributed by atoms with Crippen LogP contribution in [0.15, 0.2) is 42.5 Å². The number of rotatable bonds is 8. The summed E-state index contributed by atoms with van der Waals surface area (Å²) >= 11 is 0. The molecule has 1 N–H and O–H groups in total. The number of carboxylic acids is 1. The van der Waals surface area contributed by atoms with Gasteiger partial charge in [-0.2, -0.15) is 5.26 Å². The van der Waals surface area contributed by atoms with Crippen molar-refractivity contribution in [3.63, 3.8) is 0 Å². The molecule has 0 aliphatic heterocycles. The molecule has 0 spiro atoms. The minimum absolute atomic E-state index is 0.0201. The molecule has 1 saturated carbocycles. The van der Waals surface area contributed by atoms with Gasteiger partial charge in [0.05, 0.1) is 11.0 Å². The molecule has 0 aromatic heterocycles. The summed E-state index contributed by atoms with van der Waals surface area (Å²) in [5.74, 6) is -0.655. The first kappa shape index (κ1) is 22.0. The molecule has 0 heterocycles. The first-order valence-corrected chi connectivity index (χ1v) is 11.0. The van der Waals surface area contributed by atoms with Gasteiger partial charge in [0.25, 0.3) is 0 Å². The SMILES string of the molecule is CCCCCCC1CCC(C(=O)O)(c2ccc(-c3ccc(C#N)c(F)c3)cc2)CC1. The third-order valence-electron chi connectivity index (χ3n) is 6.69. The number of benzene rings is 2. The quantitative estimate of drug-likeness (QED) is 0.487. The Labute approximate surface area is 178 Å². The van der Waals surface area contributed by atoms with E-state index in [1.807, 2.05) is 30.3 Å². The van der Waals surface area contributed by atoms with Crippen LogP contribution in [-0.4, -0.2) is 11.1 Å². The first-order chi connectivity index (χ1) is 14.5. The van der Waals surface area contributed by atoms with E-state index in [2.05, 4.69) is 6.92 Å². The van der Waals surface area contributed by atoms with Gasteiger partial charge < -0.3 is 5.11 Å². The van der Waals surface area contributed by atoms with Gasteiger partial charge in [0.15, 0.2) is 0 Å². The Morgan fingerprint density at radius 2 is 1.77 bits per heavy atom. The highest BCUT2D eigenvalue weighted by Crippen LogP contribution is 2.43. The molecule has 0 atom stereocenters. The Balaban J connectivity index is 1.72. The van der Waals surface area contributed by atoms with E-state index in [1.165, 1.54) is 44.2 Å². The Morgan fingerprint density at radius 3 is 2.33 bits per heavy atom. The fraction of sp³-hybridized carbons (Fsp3) is 0.462. The summed E-state index contributed by atoms with van der Waals surface area (Å²) in [5.41, 5.74) is 1.52. The molecule has 0 saturated heterocycles. The molecule has 158 valence electrons. The minimum Gasteiger partial charge on any atom is -0.481 e. The van der Waals surface area contributed by atoms with Gasteiger partial charge in [0.2, 0.25) is 0 Å². The molecule has 4 heteroatoms. The average molecular weight is 408 g/mol. The standard InChI is InChI=1S/C26H30FNO2/c1-2-3-4-5-6-19-13-15-26(16-14-19,25(29)30)23-11-9-20(10-12-23)21-7-8-22(18-28)24(27)17-21/h7-12,17,19H,2-6,13-16H2,1H3,(H,29,30). The van der Waals surface area contributed by atoms with Gasteiger partial charge in [-0.25, -0.2) is 4.39 Å². The maximum atomic E-state index is 13.9. The number of carboxylic acid groups (broad SMARTS) is 1. The Morgan fingerprint density at radius 1 is 1.10 bits per heavy atom. The van der Waals surface area contributed by atoms with Crippen LogP contribution in [0.2, 0.25) is 0 Å². The largest absolute Gasteiger partial charge is 0.481 e. The summed E-state index contributed by atoms with van der Waals surface area (Å²) in [6.45, 7) is 2.21. The van der Waals surface area contributed by atoms with Gasteiger partial charge in [-0.15, -0.1) is 0 Å². The molecule has 1 aliphatic carbocycles. The third kappa shape index (κ3) is 4.73. The van der Waals surface area contributed by atoms with E-state index in [0.29, 0.717) is 24.3 Å². The van der Waals surface area contributed by atoms with Crippen molar-refractivity contribution >= 4 is 5.97 Å². The van der Waals surface area contributed by atoms with Crippen molar-refractivity contribution in [2.75, 3.05) is 0 Å². The summed E-state index contributed by atoms with van der Waals surface area (Å²) < 4.78 is 13.9. The molecule has 1 aliphatic rings. The van der Waals surface area contributed by atoms with Gasteiger partial charge in [0.1, 0.15) is 11.9 Å². The lowest BCUT2D eigenvalue weighted by atomic mass is 9.66. The topological polar surface area (TPSA) is 61.1 Å². The van der Waals surface area contributed by atoms with E-state index in [-0.39, 0.29) is 5.56 Å². The summed E-state index contributed by atoms with van der Waals surface area (Å²) in [4.78, 5) is 12.3. The smallest absolute Gasteiger partial charge is 0.314 e. The zero-order valence-electron chi connectivity index (χ0n) is 17.7. The van der Waals surface area contributed by atoms with Crippen LogP contribution in [0.3, 0.4) is 0 Å². The van der Waals surface area contributed by atoms with E-state index < -0.39 is 17.2 Å². The number of carbonyl (C=O) groups is 1. The van der Waals surface area contributed by atoms with Crippen molar-refractivity contribution in [1.29, 1.82) is 5.26 Å². The van der Waals surface area contributed by atoms with E-state index in [4.69, 9.17) is 5.26 Å². The van der Waals surface area contributed by atoms with Gasteiger partial charge in [-0.3, -0.25) is 4.79 Å². The van der Waals surface area contributed by atoms with Crippen molar-refractivity contribution < 1.29 is 14.3 Å². The molecule has 3 rings (SSSR count). The second-order valence-electron chi connectivity index (χ2n) is 8.56. The first-order valence-electron chi connectivity index (χ1n) is 11.0. The molecule has 30 heavy (non-hydrogen) atoms. The minimum atomic E-state index is -0.825. The number of nitriles is 1. The molecule has 2 aromatic rings. The molecule has 1 fully saturated rings. The van der Waals surface area contributed by atoms with E-state index in [9.17, 15) is 14.3 Å². The molecular formula is C26H30FNO2. The lowest BCUT2D eigenvalue weighted by Gasteiger charge is -2.37. The lowest BCUT2D eigenvalue weighted by molar-refractivity contribution is -0.145. The van der Waals surface area contributed by atoms with Gasteiger partial charge >= 0.3 is 5.97 Å². The van der Waals surface area contributed by atoms with Crippen molar-refractivity contribution in [1.82, 2.24) is 0 Å². The summed E-state index contributed by atoms with van der Waals surface area (Å²) in [7, 11) is 0. The number of halogens is 1. The molecule has 3 nitrogen and oxygen atoms in total. The summed E-state index contributed by atoms with van der Waals surface area (Å²) in [6.07, 6.45) is 9.50. The molecule has 0 bridgehead atoms. The predicted octanol–water partition coefficient (Wildman–Crippen LogP) is 6.85. The van der Waals surface area contributed by atoms with Gasteiger partial charge in [0, 0.05) is 0 Å². The zero-order valence-corrected chi connectivity index (χ0v) is 17.7. The van der Waals surface area contributed by atoms with Crippen LogP contribution in [0.5, 0.6) is 0 Å². The molecule has 0 amide bonds. The monoisotopic (exact) mass is 407 g/mol. The Bertz CT molecular complexity index is 906. The number of nitrogens with zero attached hydrogens (tertiary/aromatic N) is 1. The molecule has 0 unspecified atom stereocenters. The number of hydrogen-bond acceptors (Lipinski definition) is 2. The normalized spacial score (nSPS) is 21.2. The van der Waals surface area contributed by atoms with Gasteiger partial charge in [-0.1, -0.05) is 69.4 Å². The number of hydrogen-bond donors (Lipinski definition) is 1. The highest BCUT2D eigenvalue weighted by molar-refractivity contribution is 5.82. The van der Waals surface area contributed by atoms with Crippen LogP contribution < -0.4 is 0 Å². The van der Waals surface area contributed by atoms with Gasteiger partial charge in [-0.05, 0) is 60.4 Å². The fourth-order valence-electron chi connectivity index (χ4n) is 4.71.